The molecule has 0 saturated carbocycles. The van der Waals surface area contributed by atoms with Crippen LogP contribution in [0.3, 0.4) is 0 Å². The van der Waals surface area contributed by atoms with Crippen LogP contribution in [0, 0.1) is 0 Å². The van der Waals surface area contributed by atoms with Gasteiger partial charge >= 0.3 is 0 Å². The smallest absolute Gasteiger partial charge is 0.281 e. The Kier molecular flexibility index (Phi) is 5.18. The predicted molar refractivity (Wildman–Crippen MR) is 99.5 cm³/mol. The summed E-state index contributed by atoms with van der Waals surface area (Å²) in [5, 5.41) is 13.9. The third-order valence-electron chi connectivity index (χ3n) is 3.65. The first-order chi connectivity index (χ1) is 11.0. The SMILES string of the molecule is O=C(NN=Cc1cc(Br)cc(Br)c1O)c1cc2c(s1)CCCC2. The summed E-state index contributed by atoms with van der Waals surface area (Å²) in [5.74, 6) is -0.132. The fraction of sp³-hybridized carbons (Fsp3) is 0.250. The van der Waals surface area contributed by atoms with Gasteiger partial charge in [-0.25, -0.2) is 5.43 Å². The number of hydrogen-bond acceptors (Lipinski definition) is 4. The number of phenolic OH excluding ortho intramolecular Hbond substituents is 1. The first kappa shape index (κ1) is 16.7. The first-order valence-electron chi connectivity index (χ1n) is 7.17. The Bertz CT molecular complexity index is 763. The molecule has 7 heteroatoms. The Morgan fingerprint density at radius 3 is 2.83 bits per heavy atom. The number of carbonyl (C=O) groups is 1. The van der Waals surface area contributed by atoms with Gasteiger partial charge in [0.05, 0.1) is 15.6 Å². The Hall–Kier alpha value is -1.18. The fourth-order valence-corrected chi connectivity index (χ4v) is 4.90. The summed E-state index contributed by atoms with van der Waals surface area (Å²) in [6, 6.07) is 5.43. The minimum absolute atomic E-state index is 0.0813. The Morgan fingerprint density at radius 1 is 1.26 bits per heavy atom. The van der Waals surface area contributed by atoms with Crippen LogP contribution in [0.1, 0.15) is 38.5 Å². The highest BCUT2D eigenvalue weighted by atomic mass is 79.9. The van der Waals surface area contributed by atoms with E-state index in [1.807, 2.05) is 6.07 Å². The van der Waals surface area contributed by atoms with Crippen molar-refractivity contribution in [1.82, 2.24) is 5.43 Å². The van der Waals surface area contributed by atoms with E-state index >= 15 is 0 Å². The molecule has 0 fully saturated rings. The molecule has 2 N–H and O–H groups in total. The van der Waals surface area contributed by atoms with Gasteiger partial charge in [0.25, 0.3) is 5.91 Å². The quantitative estimate of drug-likeness (QED) is 0.521. The number of nitrogens with zero attached hydrogens (tertiary/aromatic N) is 1. The zero-order valence-electron chi connectivity index (χ0n) is 12.1. The van der Waals surface area contributed by atoms with E-state index in [0.717, 1.165) is 17.3 Å². The van der Waals surface area contributed by atoms with Crippen LogP contribution in [0.4, 0.5) is 0 Å². The van der Waals surface area contributed by atoms with Crippen LogP contribution in [0.15, 0.2) is 32.2 Å². The minimum Gasteiger partial charge on any atom is -0.506 e. The van der Waals surface area contributed by atoms with Crippen molar-refractivity contribution in [2.24, 2.45) is 5.10 Å². The molecule has 1 aromatic carbocycles. The van der Waals surface area contributed by atoms with Gasteiger partial charge in [0.1, 0.15) is 5.75 Å². The maximum Gasteiger partial charge on any atom is 0.281 e. The van der Waals surface area contributed by atoms with Crippen LogP contribution in [-0.2, 0) is 12.8 Å². The van der Waals surface area contributed by atoms with E-state index in [-0.39, 0.29) is 11.7 Å². The van der Waals surface area contributed by atoms with Crippen molar-refractivity contribution in [2.75, 3.05) is 0 Å². The monoisotopic (exact) mass is 456 g/mol. The number of hydrogen-bond donors (Lipinski definition) is 2. The summed E-state index contributed by atoms with van der Waals surface area (Å²) in [7, 11) is 0. The predicted octanol–water partition coefficient (Wildman–Crippen LogP) is 4.62. The van der Waals surface area contributed by atoms with Crippen LogP contribution < -0.4 is 5.43 Å². The van der Waals surface area contributed by atoms with Gasteiger partial charge < -0.3 is 5.11 Å². The van der Waals surface area contributed by atoms with E-state index in [1.54, 1.807) is 23.5 Å². The Morgan fingerprint density at radius 2 is 2.04 bits per heavy atom. The molecule has 120 valence electrons. The molecule has 1 heterocycles. The van der Waals surface area contributed by atoms with Gasteiger partial charge in [-0.1, -0.05) is 15.9 Å². The van der Waals surface area contributed by atoms with Crippen LogP contribution in [0.25, 0.3) is 0 Å². The number of aromatic hydroxyl groups is 1. The van der Waals surface area contributed by atoms with Gasteiger partial charge in [0.2, 0.25) is 0 Å². The standard InChI is InChI=1S/C16H14Br2N2O2S/c17-11-5-10(15(21)12(18)7-11)8-19-20-16(22)14-6-9-3-1-2-4-13(9)23-14/h5-8,21H,1-4H2,(H,20,22). The fourth-order valence-electron chi connectivity index (χ4n) is 2.50. The molecule has 3 rings (SSSR count). The summed E-state index contributed by atoms with van der Waals surface area (Å²) in [6.07, 6.45) is 5.94. The number of amides is 1. The number of fused-ring (bicyclic) bond motifs is 1. The molecule has 0 atom stereocenters. The average molecular weight is 458 g/mol. The number of thiophene rings is 1. The highest BCUT2D eigenvalue weighted by Crippen LogP contribution is 2.31. The molecule has 0 bridgehead atoms. The highest BCUT2D eigenvalue weighted by Gasteiger charge is 2.16. The summed E-state index contributed by atoms with van der Waals surface area (Å²) < 4.78 is 1.37. The van der Waals surface area contributed by atoms with Gasteiger partial charge in [0.15, 0.2) is 0 Å². The Balaban J connectivity index is 1.70. The maximum atomic E-state index is 12.2. The number of aryl methyl sites for hydroxylation is 2. The molecular weight excluding hydrogens is 444 g/mol. The lowest BCUT2D eigenvalue weighted by molar-refractivity contribution is 0.0959. The van der Waals surface area contributed by atoms with Crippen molar-refractivity contribution >= 4 is 55.3 Å². The molecule has 0 saturated heterocycles. The zero-order valence-corrected chi connectivity index (χ0v) is 16.1. The summed E-state index contributed by atoms with van der Waals surface area (Å²) in [4.78, 5) is 14.2. The number of nitrogens with one attached hydrogen (secondary N) is 1. The lowest BCUT2D eigenvalue weighted by atomic mass is 9.99. The van der Waals surface area contributed by atoms with Crippen molar-refractivity contribution < 1.29 is 9.90 Å². The highest BCUT2D eigenvalue weighted by molar-refractivity contribution is 9.11. The number of phenols is 1. The maximum absolute atomic E-state index is 12.2. The second-order valence-electron chi connectivity index (χ2n) is 5.29. The van der Waals surface area contributed by atoms with E-state index in [0.29, 0.717) is 14.9 Å². The normalized spacial score (nSPS) is 14.0. The number of halogens is 2. The summed E-state index contributed by atoms with van der Waals surface area (Å²) in [6.45, 7) is 0. The van der Waals surface area contributed by atoms with Crippen molar-refractivity contribution in [2.45, 2.75) is 25.7 Å². The van der Waals surface area contributed by atoms with Crippen molar-refractivity contribution in [3.63, 3.8) is 0 Å². The topological polar surface area (TPSA) is 61.7 Å². The van der Waals surface area contributed by atoms with E-state index in [1.165, 1.54) is 29.5 Å². The van der Waals surface area contributed by atoms with Gasteiger partial charge in [-0.2, -0.15) is 5.10 Å². The van der Waals surface area contributed by atoms with Crippen molar-refractivity contribution in [1.29, 1.82) is 0 Å². The molecule has 23 heavy (non-hydrogen) atoms. The molecule has 2 aromatic rings. The van der Waals surface area contributed by atoms with Gasteiger partial charge in [-0.3, -0.25) is 4.79 Å². The van der Waals surface area contributed by atoms with Crippen LogP contribution >= 0.6 is 43.2 Å². The molecule has 4 nitrogen and oxygen atoms in total. The van der Waals surface area contributed by atoms with Crippen LogP contribution in [0.2, 0.25) is 0 Å². The van der Waals surface area contributed by atoms with Crippen LogP contribution in [-0.4, -0.2) is 17.2 Å². The second-order valence-corrected chi connectivity index (χ2v) is 8.20. The number of hydrazone groups is 1. The third kappa shape index (κ3) is 3.84. The lowest BCUT2D eigenvalue weighted by Gasteiger charge is -2.08. The zero-order chi connectivity index (χ0) is 16.4. The number of benzene rings is 1. The van der Waals surface area contributed by atoms with Crippen molar-refractivity contribution in [3.8, 4) is 5.75 Å². The van der Waals surface area contributed by atoms with Gasteiger partial charge in [-0.05, 0) is 65.4 Å². The summed E-state index contributed by atoms with van der Waals surface area (Å²) in [5.41, 5.74) is 4.33. The molecule has 0 spiro atoms. The largest absolute Gasteiger partial charge is 0.506 e. The van der Waals surface area contributed by atoms with E-state index in [4.69, 9.17) is 0 Å². The van der Waals surface area contributed by atoms with Gasteiger partial charge in [-0.15, -0.1) is 11.3 Å². The molecular formula is C16H14Br2N2O2S. The van der Waals surface area contributed by atoms with E-state index in [9.17, 15) is 9.90 Å². The molecule has 0 radical (unpaired) electrons. The van der Waals surface area contributed by atoms with E-state index in [2.05, 4.69) is 42.4 Å². The lowest BCUT2D eigenvalue weighted by Crippen LogP contribution is -2.16. The van der Waals surface area contributed by atoms with Crippen molar-refractivity contribution in [3.05, 3.63) is 48.0 Å². The molecule has 1 aromatic heterocycles. The molecule has 1 amide bonds. The molecule has 1 aliphatic carbocycles. The third-order valence-corrected chi connectivity index (χ3v) is 5.95. The Labute approximate surface area is 154 Å². The molecule has 0 aliphatic heterocycles. The van der Waals surface area contributed by atoms with Gasteiger partial charge in [0, 0.05) is 14.9 Å². The second kappa shape index (κ2) is 7.15. The molecule has 0 unspecified atom stereocenters. The number of carbonyl (C=O) groups excluding carboxylic acids is 1. The summed E-state index contributed by atoms with van der Waals surface area (Å²) >= 11 is 8.16. The minimum atomic E-state index is -0.214. The van der Waals surface area contributed by atoms with E-state index < -0.39 is 0 Å². The first-order valence-corrected chi connectivity index (χ1v) is 9.58. The number of rotatable bonds is 3. The molecule has 1 aliphatic rings. The van der Waals surface area contributed by atoms with Crippen LogP contribution in [0.5, 0.6) is 5.75 Å². The average Bonchev–Trinajstić information content (AvgIpc) is 2.96.